The third-order valence-electron chi connectivity index (χ3n) is 3.20. The van der Waals surface area contributed by atoms with Crippen LogP contribution in [0.1, 0.15) is 15.9 Å². The Labute approximate surface area is 127 Å². The predicted octanol–water partition coefficient (Wildman–Crippen LogP) is 4.37. The van der Waals surface area contributed by atoms with E-state index in [1.54, 1.807) is 29.7 Å². The van der Waals surface area contributed by atoms with Gasteiger partial charge in [-0.25, -0.2) is 0 Å². The molecule has 1 N–H and O–H groups in total. The Morgan fingerprint density at radius 1 is 1.10 bits per heavy atom. The van der Waals surface area contributed by atoms with Gasteiger partial charge in [-0.3, -0.25) is 9.78 Å². The lowest BCUT2D eigenvalue weighted by Gasteiger charge is -2.10. The lowest BCUT2D eigenvalue weighted by molar-refractivity contribution is 0.102. The van der Waals surface area contributed by atoms with Gasteiger partial charge in [-0.15, -0.1) is 11.3 Å². The second kappa shape index (κ2) is 5.89. The normalized spacial score (nSPS) is 10.3. The molecule has 1 aromatic carbocycles. The minimum absolute atomic E-state index is 0.138. The maximum absolute atomic E-state index is 12.5. The lowest BCUT2D eigenvalue weighted by Crippen LogP contribution is -2.14. The smallest absolute Gasteiger partial charge is 0.257 e. The molecule has 0 aliphatic heterocycles. The number of hydrogen-bond donors (Lipinski definition) is 1. The highest BCUT2D eigenvalue weighted by Crippen LogP contribution is 2.26. The topological polar surface area (TPSA) is 42.0 Å². The molecule has 3 nitrogen and oxygen atoms in total. The van der Waals surface area contributed by atoms with Crippen molar-refractivity contribution >= 4 is 22.9 Å². The lowest BCUT2D eigenvalue weighted by atomic mass is 10.1. The Hall–Kier alpha value is -2.46. The number of carbonyl (C=O) groups is 1. The fourth-order valence-electron chi connectivity index (χ4n) is 2.10. The Kier molecular flexibility index (Phi) is 3.79. The molecular formula is C17H14N2OS. The van der Waals surface area contributed by atoms with E-state index in [-0.39, 0.29) is 5.91 Å². The molecule has 104 valence electrons. The van der Waals surface area contributed by atoms with E-state index < -0.39 is 0 Å². The second-order valence-electron chi connectivity index (χ2n) is 4.65. The summed E-state index contributed by atoms with van der Waals surface area (Å²) in [7, 11) is 0. The van der Waals surface area contributed by atoms with Crippen molar-refractivity contribution in [1.29, 1.82) is 0 Å². The van der Waals surface area contributed by atoms with Crippen LogP contribution in [0.2, 0.25) is 0 Å². The zero-order valence-electron chi connectivity index (χ0n) is 11.5. The van der Waals surface area contributed by atoms with Crippen molar-refractivity contribution in [2.75, 3.05) is 5.32 Å². The third kappa shape index (κ3) is 2.85. The fraction of sp³-hybridized carbons (Fsp3) is 0.0588. The SMILES string of the molecule is Cc1ccccc1NC(=O)c1cccnc1-c1cccs1. The Balaban J connectivity index is 1.94. The van der Waals surface area contributed by atoms with Gasteiger partial charge in [0, 0.05) is 11.9 Å². The molecule has 3 rings (SSSR count). The number of hydrogen-bond acceptors (Lipinski definition) is 3. The highest BCUT2D eigenvalue weighted by atomic mass is 32.1. The van der Waals surface area contributed by atoms with Gasteiger partial charge in [0.1, 0.15) is 0 Å². The molecule has 2 heterocycles. The average molecular weight is 294 g/mol. The Morgan fingerprint density at radius 2 is 1.95 bits per heavy atom. The van der Waals surface area contributed by atoms with E-state index in [0.29, 0.717) is 5.56 Å². The summed E-state index contributed by atoms with van der Waals surface area (Å²) in [6.07, 6.45) is 1.71. The molecular weight excluding hydrogens is 280 g/mol. The number of aromatic nitrogens is 1. The number of amides is 1. The van der Waals surface area contributed by atoms with E-state index >= 15 is 0 Å². The first kappa shape index (κ1) is 13.5. The monoisotopic (exact) mass is 294 g/mol. The van der Waals surface area contributed by atoms with Crippen molar-refractivity contribution in [3.8, 4) is 10.6 Å². The number of nitrogens with zero attached hydrogens (tertiary/aromatic N) is 1. The Bertz CT molecular complexity index is 766. The van der Waals surface area contributed by atoms with Gasteiger partial charge in [0.25, 0.3) is 5.91 Å². The fourth-order valence-corrected chi connectivity index (χ4v) is 2.84. The average Bonchev–Trinajstić information content (AvgIpc) is 3.04. The van der Waals surface area contributed by atoms with Gasteiger partial charge in [-0.2, -0.15) is 0 Å². The number of rotatable bonds is 3. The maximum Gasteiger partial charge on any atom is 0.257 e. The number of carbonyl (C=O) groups excluding carboxylic acids is 1. The quantitative estimate of drug-likeness (QED) is 0.779. The largest absolute Gasteiger partial charge is 0.322 e. The molecule has 0 aliphatic carbocycles. The molecule has 1 amide bonds. The molecule has 4 heteroatoms. The summed E-state index contributed by atoms with van der Waals surface area (Å²) in [5.74, 6) is -0.138. The van der Waals surface area contributed by atoms with Crippen LogP contribution >= 0.6 is 11.3 Å². The number of thiophene rings is 1. The second-order valence-corrected chi connectivity index (χ2v) is 5.59. The first-order chi connectivity index (χ1) is 10.3. The van der Waals surface area contributed by atoms with Crippen LogP contribution in [0.15, 0.2) is 60.1 Å². The number of pyridine rings is 1. The summed E-state index contributed by atoms with van der Waals surface area (Å²) in [6.45, 7) is 1.97. The standard InChI is InChI=1S/C17H14N2OS/c1-12-6-2-3-8-14(12)19-17(20)13-7-4-10-18-16(13)15-9-5-11-21-15/h2-11H,1H3,(H,19,20). The van der Waals surface area contributed by atoms with Gasteiger partial charge in [0.05, 0.1) is 16.1 Å². The van der Waals surface area contributed by atoms with Crippen molar-refractivity contribution in [1.82, 2.24) is 4.98 Å². The molecule has 0 spiro atoms. The van der Waals surface area contributed by atoms with Crippen molar-refractivity contribution in [3.05, 3.63) is 71.2 Å². The molecule has 0 atom stereocenters. The minimum atomic E-state index is -0.138. The zero-order chi connectivity index (χ0) is 14.7. The Morgan fingerprint density at radius 3 is 2.71 bits per heavy atom. The number of anilines is 1. The maximum atomic E-state index is 12.5. The number of para-hydroxylation sites is 1. The van der Waals surface area contributed by atoms with Crippen LogP contribution in [0.5, 0.6) is 0 Å². The summed E-state index contributed by atoms with van der Waals surface area (Å²) in [4.78, 5) is 17.9. The molecule has 2 aromatic heterocycles. The van der Waals surface area contributed by atoms with Crippen LogP contribution in [0.25, 0.3) is 10.6 Å². The van der Waals surface area contributed by atoms with Gasteiger partial charge in [0.2, 0.25) is 0 Å². The third-order valence-corrected chi connectivity index (χ3v) is 4.08. The van der Waals surface area contributed by atoms with Crippen LogP contribution in [0, 0.1) is 6.92 Å². The van der Waals surface area contributed by atoms with Gasteiger partial charge in [0.15, 0.2) is 0 Å². The predicted molar refractivity (Wildman–Crippen MR) is 86.7 cm³/mol. The van der Waals surface area contributed by atoms with Crippen molar-refractivity contribution in [2.24, 2.45) is 0 Å². The molecule has 0 saturated heterocycles. The van der Waals surface area contributed by atoms with E-state index in [1.807, 2.05) is 48.7 Å². The van der Waals surface area contributed by atoms with Crippen molar-refractivity contribution < 1.29 is 4.79 Å². The van der Waals surface area contributed by atoms with Crippen LogP contribution < -0.4 is 5.32 Å². The van der Waals surface area contributed by atoms with E-state index in [2.05, 4.69) is 10.3 Å². The minimum Gasteiger partial charge on any atom is -0.322 e. The highest BCUT2D eigenvalue weighted by molar-refractivity contribution is 7.13. The van der Waals surface area contributed by atoms with E-state index in [4.69, 9.17) is 0 Å². The highest BCUT2D eigenvalue weighted by Gasteiger charge is 2.15. The van der Waals surface area contributed by atoms with Crippen molar-refractivity contribution in [3.63, 3.8) is 0 Å². The van der Waals surface area contributed by atoms with Gasteiger partial charge in [-0.1, -0.05) is 24.3 Å². The van der Waals surface area contributed by atoms with Gasteiger partial charge >= 0.3 is 0 Å². The molecule has 3 aromatic rings. The molecule has 0 unspecified atom stereocenters. The summed E-state index contributed by atoms with van der Waals surface area (Å²) in [5, 5.41) is 4.93. The molecule has 0 radical (unpaired) electrons. The van der Waals surface area contributed by atoms with Crippen LogP contribution in [-0.4, -0.2) is 10.9 Å². The van der Waals surface area contributed by atoms with Crippen LogP contribution in [0.3, 0.4) is 0 Å². The molecule has 0 saturated carbocycles. The summed E-state index contributed by atoms with van der Waals surface area (Å²) < 4.78 is 0. The van der Waals surface area contributed by atoms with Crippen LogP contribution in [0.4, 0.5) is 5.69 Å². The first-order valence-electron chi connectivity index (χ1n) is 6.61. The van der Waals surface area contributed by atoms with Gasteiger partial charge in [-0.05, 0) is 42.1 Å². The molecule has 0 fully saturated rings. The molecule has 0 bridgehead atoms. The van der Waals surface area contributed by atoms with Gasteiger partial charge < -0.3 is 5.32 Å². The number of aryl methyl sites for hydroxylation is 1. The summed E-state index contributed by atoms with van der Waals surface area (Å²) >= 11 is 1.57. The summed E-state index contributed by atoms with van der Waals surface area (Å²) in [5.41, 5.74) is 3.16. The first-order valence-corrected chi connectivity index (χ1v) is 7.49. The summed E-state index contributed by atoms with van der Waals surface area (Å²) in [6, 6.07) is 15.2. The van der Waals surface area contributed by atoms with E-state index in [1.165, 1.54) is 0 Å². The number of benzene rings is 1. The van der Waals surface area contributed by atoms with Crippen molar-refractivity contribution in [2.45, 2.75) is 6.92 Å². The number of nitrogens with one attached hydrogen (secondary N) is 1. The van der Waals surface area contributed by atoms with Crippen LogP contribution in [-0.2, 0) is 0 Å². The zero-order valence-corrected chi connectivity index (χ0v) is 12.4. The molecule has 0 aliphatic rings. The molecule has 21 heavy (non-hydrogen) atoms. The van der Waals surface area contributed by atoms with E-state index in [0.717, 1.165) is 21.8 Å². The van der Waals surface area contributed by atoms with E-state index in [9.17, 15) is 4.79 Å².